The van der Waals surface area contributed by atoms with Gasteiger partial charge in [-0.1, -0.05) is 36.2 Å². The van der Waals surface area contributed by atoms with Crippen LogP contribution in [0.1, 0.15) is 85.3 Å². The maximum absolute atomic E-state index is 13.1. The minimum absolute atomic E-state index is 0.0310. The number of rotatable bonds is 5. The Morgan fingerprint density at radius 2 is 2.08 bits per heavy atom. The first-order valence-corrected chi connectivity index (χ1v) is 14.2. The molecule has 4 heterocycles. The minimum Gasteiger partial charge on any atom is -0.346 e. The van der Waals surface area contributed by atoms with Gasteiger partial charge in [-0.3, -0.25) is 9.48 Å². The van der Waals surface area contributed by atoms with Crippen molar-refractivity contribution >= 4 is 22.6 Å². The van der Waals surface area contributed by atoms with Gasteiger partial charge in [0.25, 0.3) is 11.7 Å². The van der Waals surface area contributed by atoms with E-state index in [1.54, 1.807) is 0 Å². The van der Waals surface area contributed by atoms with Crippen LogP contribution in [-0.2, 0) is 12.5 Å². The van der Waals surface area contributed by atoms with E-state index in [4.69, 9.17) is 9.51 Å². The number of H-pyrrole nitrogens is 1. The molecule has 206 valence electrons. The Kier molecular flexibility index (Phi) is 5.76. The van der Waals surface area contributed by atoms with Crippen molar-refractivity contribution < 1.29 is 9.32 Å². The molecule has 2 atom stereocenters. The van der Waals surface area contributed by atoms with Crippen LogP contribution in [0, 0.1) is 19.8 Å². The molecule has 7 rings (SSSR count). The Morgan fingerprint density at radius 1 is 1.23 bits per heavy atom. The molecule has 3 aliphatic carbocycles. The lowest BCUT2D eigenvalue weighted by molar-refractivity contribution is 0.0910. The van der Waals surface area contributed by atoms with Crippen LogP contribution in [0.25, 0.3) is 28.1 Å². The van der Waals surface area contributed by atoms with Gasteiger partial charge in [-0.25, -0.2) is 9.97 Å². The van der Waals surface area contributed by atoms with Crippen molar-refractivity contribution in [3.63, 3.8) is 0 Å². The number of amides is 1. The van der Waals surface area contributed by atoms with Gasteiger partial charge >= 0.3 is 0 Å². The third-order valence-electron chi connectivity index (χ3n) is 9.03. The van der Waals surface area contributed by atoms with E-state index in [2.05, 4.69) is 56.5 Å². The van der Waals surface area contributed by atoms with Gasteiger partial charge < -0.3 is 14.8 Å². The van der Waals surface area contributed by atoms with E-state index in [1.165, 1.54) is 5.57 Å². The summed E-state index contributed by atoms with van der Waals surface area (Å²) in [6, 6.07) is 2.08. The fourth-order valence-corrected chi connectivity index (χ4v) is 6.28. The molecule has 2 N–H and O–H groups in total. The summed E-state index contributed by atoms with van der Waals surface area (Å²) in [5.74, 6) is 1.50. The predicted molar refractivity (Wildman–Crippen MR) is 150 cm³/mol. The molecule has 0 saturated heterocycles. The number of fused-ring (bicyclic) bond motifs is 2. The maximum Gasteiger partial charge on any atom is 0.292 e. The Balaban J connectivity index is 1.15. The van der Waals surface area contributed by atoms with Crippen LogP contribution < -0.4 is 5.32 Å². The van der Waals surface area contributed by atoms with E-state index in [9.17, 15) is 4.79 Å². The summed E-state index contributed by atoms with van der Waals surface area (Å²) in [7, 11) is 1.95. The van der Waals surface area contributed by atoms with Crippen LogP contribution in [0.5, 0.6) is 0 Å². The average molecular weight is 539 g/mol. The SMILES string of the molecule is Cc1nn(C)c(C)c1-c1nc2c(C3=CCC4C(=C3)CCCC[C@H]4NC(=O)c3noc(C4(C)CC4)n3)ccnc2[nH]1. The van der Waals surface area contributed by atoms with E-state index < -0.39 is 0 Å². The first kappa shape index (κ1) is 24.9. The van der Waals surface area contributed by atoms with Gasteiger partial charge in [0.05, 0.1) is 11.3 Å². The number of aromatic amines is 1. The normalized spacial score (nSPS) is 21.9. The van der Waals surface area contributed by atoms with Crippen molar-refractivity contribution in [1.29, 1.82) is 0 Å². The molecule has 4 aromatic rings. The van der Waals surface area contributed by atoms with Crippen molar-refractivity contribution in [1.82, 2.24) is 40.2 Å². The Labute approximate surface area is 232 Å². The highest BCUT2D eigenvalue weighted by atomic mass is 16.5. The molecule has 1 amide bonds. The van der Waals surface area contributed by atoms with Gasteiger partial charge in [-0.2, -0.15) is 10.1 Å². The minimum atomic E-state index is -0.249. The van der Waals surface area contributed by atoms with Crippen LogP contribution in [0.15, 0.2) is 34.5 Å². The van der Waals surface area contributed by atoms with Crippen LogP contribution in [0.4, 0.5) is 0 Å². The fourth-order valence-electron chi connectivity index (χ4n) is 6.28. The molecule has 4 aromatic heterocycles. The molecule has 0 aliphatic heterocycles. The standard InChI is InChI=1S/C30H34N8O2/c1-16-23(17(2)38(4)36-16)25-33-24-21(11-14-31-26(24)34-25)19-9-10-20-18(15-19)7-5-6-8-22(20)32-28(39)27-35-29(40-37-27)30(3)12-13-30/h9,11,14-15,20,22H,5-8,10,12-13H2,1-4H3,(H,32,39)(H,31,33,34)/t20?,22-/m1/s1. The molecule has 40 heavy (non-hydrogen) atoms. The van der Waals surface area contributed by atoms with E-state index in [0.29, 0.717) is 5.89 Å². The molecule has 10 heteroatoms. The third-order valence-corrected chi connectivity index (χ3v) is 9.03. The lowest BCUT2D eigenvalue weighted by Gasteiger charge is -2.30. The number of pyridine rings is 1. The van der Waals surface area contributed by atoms with Crippen molar-refractivity contribution in [3.8, 4) is 11.4 Å². The molecule has 0 bridgehead atoms. The monoisotopic (exact) mass is 538 g/mol. The highest BCUT2D eigenvalue weighted by molar-refractivity contribution is 5.93. The average Bonchev–Trinajstić information content (AvgIpc) is 3.25. The van der Waals surface area contributed by atoms with Gasteiger partial charge in [0.15, 0.2) is 5.65 Å². The first-order chi connectivity index (χ1) is 19.3. The Bertz CT molecular complexity index is 1700. The van der Waals surface area contributed by atoms with Gasteiger partial charge in [0.2, 0.25) is 5.89 Å². The summed E-state index contributed by atoms with van der Waals surface area (Å²) in [5, 5.41) is 11.8. The number of carbonyl (C=O) groups is 1. The topological polar surface area (TPSA) is 127 Å². The number of aryl methyl sites for hydroxylation is 2. The summed E-state index contributed by atoms with van der Waals surface area (Å²) in [6.45, 7) is 6.15. The smallest absolute Gasteiger partial charge is 0.292 e. The van der Waals surface area contributed by atoms with E-state index in [0.717, 1.165) is 90.0 Å². The van der Waals surface area contributed by atoms with E-state index in [-0.39, 0.29) is 29.1 Å². The number of imidazole rings is 1. The van der Waals surface area contributed by atoms with Crippen LogP contribution >= 0.6 is 0 Å². The van der Waals surface area contributed by atoms with Gasteiger partial charge in [-0.05, 0) is 64.0 Å². The number of carbonyl (C=O) groups excluding carboxylic acids is 1. The number of nitrogens with one attached hydrogen (secondary N) is 2. The predicted octanol–water partition coefficient (Wildman–Crippen LogP) is 5.11. The molecule has 3 aliphatic rings. The number of allylic oxidation sites excluding steroid dienone is 3. The molecule has 1 unspecified atom stereocenters. The molecule has 2 fully saturated rings. The Morgan fingerprint density at radius 3 is 2.85 bits per heavy atom. The van der Waals surface area contributed by atoms with Gasteiger partial charge in [0, 0.05) is 41.9 Å². The summed E-state index contributed by atoms with van der Waals surface area (Å²) < 4.78 is 7.30. The van der Waals surface area contributed by atoms with Crippen molar-refractivity contribution in [3.05, 3.63) is 58.7 Å². The molecular formula is C30H34N8O2. The number of aromatic nitrogens is 7. The maximum atomic E-state index is 13.1. The molecule has 0 spiro atoms. The van der Waals surface area contributed by atoms with E-state index in [1.807, 2.05) is 30.9 Å². The van der Waals surface area contributed by atoms with Crippen molar-refractivity contribution in [2.45, 2.75) is 77.2 Å². The third kappa shape index (κ3) is 4.17. The number of hydrogen-bond donors (Lipinski definition) is 2. The number of nitrogens with zero attached hydrogens (tertiary/aromatic N) is 6. The summed E-state index contributed by atoms with van der Waals surface area (Å²) >= 11 is 0. The Hall–Kier alpha value is -4.08. The van der Waals surface area contributed by atoms with Crippen molar-refractivity contribution in [2.75, 3.05) is 0 Å². The van der Waals surface area contributed by atoms with Crippen molar-refractivity contribution in [2.24, 2.45) is 13.0 Å². The van der Waals surface area contributed by atoms with Gasteiger partial charge in [-0.15, -0.1) is 0 Å². The lowest BCUT2D eigenvalue weighted by Crippen LogP contribution is -2.41. The zero-order valence-corrected chi connectivity index (χ0v) is 23.4. The number of hydrogen-bond acceptors (Lipinski definition) is 7. The molecular weight excluding hydrogens is 504 g/mol. The highest BCUT2D eigenvalue weighted by Gasteiger charge is 2.45. The summed E-state index contributed by atoms with van der Waals surface area (Å²) in [5.41, 5.74) is 8.18. The van der Waals surface area contributed by atoms with E-state index >= 15 is 0 Å². The van der Waals surface area contributed by atoms with Crippen LogP contribution in [0.3, 0.4) is 0 Å². The van der Waals surface area contributed by atoms with Crippen LogP contribution in [0.2, 0.25) is 0 Å². The second kappa shape index (κ2) is 9.25. The van der Waals surface area contributed by atoms with Crippen LogP contribution in [-0.4, -0.2) is 46.8 Å². The highest BCUT2D eigenvalue weighted by Crippen LogP contribution is 2.46. The second-order valence-electron chi connectivity index (χ2n) is 11.8. The zero-order chi connectivity index (χ0) is 27.6. The quantitative estimate of drug-likeness (QED) is 0.361. The lowest BCUT2D eigenvalue weighted by atomic mass is 9.81. The summed E-state index contributed by atoms with van der Waals surface area (Å²) in [6.07, 6.45) is 13.4. The first-order valence-electron chi connectivity index (χ1n) is 14.2. The summed E-state index contributed by atoms with van der Waals surface area (Å²) in [4.78, 5) is 30.5. The fraction of sp³-hybridized carbons (Fsp3) is 0.467. The van der Waals surface area contributed by atoms with Gasteiger partial charge in [0.1, 0.15) is 11.3 Å². The molecule has 0 radical (unpaired) electrons. The molecule has 10 nitrogen and oxygen atoms in total. The zero-order valence-electron chi connectivity index (χ0n) is 23.4. The molecule has 2 saturated carbocycles. The second-order valence-corrected chi connectivity index (χ2v) is 11.8. The molecule has 0 aromatic carbocycles. The largest absolute Gasteiger partial charge is 0.346 e.